The van der Waals surface area contributed by atoms with Crippen LogP contribution in [-0.4, -0.2) is 16.0 Å². The molecule has 0 aliphatic heterocycles. The zero-order chi connectivity index (χ0) is 17.2. The number of carbonyl (C=O) groups is 1. The number of ketones is 1. The third-order valence-corrected chi connectivity index (χ3v) is 6.22. The molecule has 2 N–H and O–H groups in total. The van der Waals surface area contributed by atoms with E-state index in [-0.39, 0.29) is 34.2 Å². The van der Waals surface area contributed by atoms with E-state index >= 15 is 0 Å². The van der Waals surface area contributed by atoms with Crippen molar-refractivity contribution in [1.29, 1.82) is 0 Å². The monoisotopic (exact) mass is 316 g/mol. The highest BCUT2D eigenvalue weighted by Gasteiger charge is 2.56. The van der Waals surface area contributed by atoms with Gasteiger partial charge in [0.25, 0.3) is 0 Å². The first-order valence-electron chi connectivity index (χ1n) is 8.68. The quantitative estimate of drug-likeness (QED) is 0.815. The van der Waals surface area contributed by atoms with E-state index < -0.39 is 6.10 Å². The van der Waals surface area contributed by atoms with Gasteiger partial charge in [-0.1, -0.05) is 41.0 Å². The molecule has 0 radical (unpaired) electrons. The number of rotatable bonds is 1. The van der Waals surface area contributed by atoms with Crippen molar-refractivity contribution in [3.05, 3.63) is 28.8 Å². The van der Waals surface area contributed by atoms with Crippen molar-refractivity contribution in [2.45, 2.75) is 71.3 Å². The zero-order valence-corrected chi connectivity index (χ0v) is 14.8. The molecule has 0 heterocycles. The number of phenolic OH excluding ortho intramolecular Hbond substituents is 1. The van der Waals surface area contributed by atoms with Crippen molar-refractivity contribution in [2.24, 2.45) is 11.3 Å². The molecule has 3 rings (SSSR count). The Morgan fingerprint density at radius 1 is 1.17 bits per heavy atom. The minimum atomic E-state index is -1.07. The molecule has 3 nitrogen and oxygen atoms in total. The number of aliphatic hydroxyl groups is 1. The van der Waals surface area contributed by atoms with Gasteiger partial charge in [0.2, 0.25) is 0 Å². The lowest BCUT2D eigenvalue weighted by Crippen LogP contribution is -2.54. The lowest BCUT2D eigenvalue weighted by molar-refractivity contribution is -0.143. The Labute approximate surface area is 138 Å². The van der Waals surface area contributed by atoms with Crippen LogP contribution in [0.2, 0.25) is 0 Å². The van der Waals surface area contributed by atoms with Gasteiger partial charge < -0.3 is 10.2 Å². The average molecular weight is 316 g/mol. The smallest absolute Gasteiger partial charge is 0.170 e. The summed E-state index contributed by atoms with van der Waals surface area (Å²) in [5.74, 6) is 0.181. The Bertz CT molecular complexity index is 659. The van der Waals surface area contributed by atoms with Crippen LogP contribution < -0.4 is 0 Å². The fraction of sp³-hybridized carbons (Fsp3) is 0.650. The van der Waals surface area contributed by atoms with E-state index in [9.17, 15) is 15.0 Å². The van der Waals surface area contributed by atoms with Crippen LogP contribution in [0.1, 0.15) is 82.6 Å². The van der Waals surface area contributed by atoms with Crippen LogP contribution in [0.25, 0.3) is 0 Å². The minimum Gasteiger partial charge on any atom is -0.508 e. The highest BCUT2D eigenvalue weighted by Crippen LogP contribution is 2.58. The van der Waals surface area contributed by atoms with Gasteiger partial charge in [0.1, 0.15) is 11.9 Å². The molecule has 1 fully saturated rings. The van der Waals surface area contributed by atoms with Crippen molar-refractivity contribution in [2.75, 3.05) is 0 Å². The Morgan fingerprint density at radius 2 is 1.83 bits per heavy atom. The van der Waals surface area contributed by atoms with Crippen LogP contribution in [0.4, 0.5) is 0 Å². The molecule has 2 aliphatic rings. The van der Waals surface area contributed by atoms with E-state index in [4.69, 9.17) is 0 Å². The molecule has 0 amide bonds. The molecular formula is C20H28O3. The molecule has 3 heteroatoms. The van der Waals surface area contributed by atoms with Crippen LogP contribution in [0.3, 0.4) is 0 Å². The van der Waals surface area contributed by atoms with Gasteiger partial charge in [-0.15, -0.1) is 0 Å². The second-order valence-electron chi connectivity index (χ2n) is 8.65. The van der Waals surface area contributed by atoms with Gasteiger partial charge in [0.15, 0.2) is 5.78 Å². The summed E-state index contributed by atoms with van der Waals surface area (Å²) in [6, 6.07) is 3.66. The number of Topliss-reactive ketones (excluding diaryl/α,β-unsaturated/α-hetero) is 1. The molecule has 1 aromatic carbocycles. The van der Waals surface area contributed by atoms with Crippen molar-refractivity contribution >= 4 is 5.78 Å². The summed E-state index contributed by atoms with van der Waals surface area (Å²) in [6.45, 7) is 10.4. The molecule has 0 bridgehead atoms. The van der Waals surface area contributed by atoms with Gasteiger partial charge in [0.05, 0.1) is 0 Å². The van der Waals surface area contributed by atoms with Crippen molar-refractivity contribution in [3.63, 3.8) is 0 Å². The molecule has 0 saturated heterocycles. The molecule has 3 unspecified atom stereocenters. The molecule has 1 saturated carbocycles. The molecule has 0 aromatic heterocycles. The fourth-order valence-electron chi connectivity index (χ4n) is 5.17. The van der Waals surface area contributed by atoms with Crippen molar-refractivity contribution < 1.29 is 15.0 Å². The number of phenols is 1. The Kier molecular flexibility index (Phi) is 3.64. The molecule has 126 valence electrons. The first-order valence-corrected chi connectivity index (χ1v) is 8.68. The van der Waals surface area contributed by atoms with E-state index in [0.29, 0.717) is 5.56 Å². The first-order chi connectivity index (χ1) is 10.6. The van der Waals surface area contributed by atoms with Crippen LogP contribution in [0.15, 0.2) is 12.1 Å². The van der Waals surface area contributed by atoms with Gasteiger partial charge in [-0.25, -0.2) is 0 Å². The summed E-state index contributed by atoms with van der Waals surface area (Å²) in [7, 11) is 0. The molecule has 0 spiro atoms. The summed E-state index contributed by atoms with van der Waals surface area (Å²) >= 11 is 0. The van der Waals surface area contributed by atoms with E-state index in [2.05, 4.69) is 20.8 Å². The summed E-state index contributed by atoms with van der Waals surface area (Å²) in [5.41, 5.74) is 2.03. The number of aliphatic hydroxyl groups excluding tert-OH is 1. The van der Waals surface area contributed by atoms with Gasteiger partial charge in [-0.3, -0.25) is 4.79 Å². The standard InChI is InChI=1S/C20H28O3/c1-11(2)12-9-13-14(10-15(12)21)20(5)8-6-7-19(3,4)18(20)17(23)16(13)22/h9-11,16,18,21-22H,6-8H2,1-5H3. The zero-order valence-electron chi connectivity index (χ0n) is 14.8. The van der Waals surface area contributed by atoms with Crippen LogP contribution in [0, 0.1) is 11.3 Å². The second-order valence-corrected chi connectivity index (χ2v) is 8.65. The predicted octanol–water partition coefficient (Wildman–Crippen LogP) is 4.22. The fourth-order valence-corrected chi connectivity index (χ4v) is 5.17. The molecular weight excluding hydrogens is 288 g/mol. The number of benzene rings is 1. The highest BCUT2D eigenvalue weighted by atomic mass is 16.3. The second kappa shape index (κ2) is 5.07. The summed E-state index contributed by atoms with van der Waals surface area (Å²) in [6.07, 6.45) is 1.91. The van der Waals surface area contributed by atoms with Gasteiger partial charge in [-0.2, -0.15) is 0 Å². The Balaban J connectivity index is 2.26. The third kappa shape index (κ3) is 2.24. The minimum absolute atomic E-state index is 0.0508. The van der Waals surface area contributed by atoms with E-state index in [0.717, 1.165) is 30.4 Å². The average Bonchev–Trinajstić information content (AvgIpc) is 2.43. The van der Waals surface area contributed by atoms with Crippen molar-refractivity contribution in [1.82, 2.24) is 0 Å². The Morgan fingerprint density at radius 3 is 2.43 bits per heavy atom. The van der Waals surface area contributed by atoms with Gasteiger partial charge in [0, 0.05) is 11.3 Å². The molecule has 3 atom stereocenters. The Hall–Kier alpha value is -1.35. The van der Waals surface area contributed by atoms with Gasteiger partial charge >= 0.3 is 0 Å². The molecule has 1 aromatic rings. The SMILES string of the molecule is CC(C)c1cc2c(cc1O)C1(C)CCCC(C)(C)C1C(=O)C2O. The lowest BCUT2D eigenvalue weighted by atomic mass is 9.49. The first kappa shape index (κ1) is 16.5. The van der Waals surface area contributed by atoms with E-state index in [1.807, 2.05) is 26.0 Å². The summed E-state index contributed by atoms with van der Waals surface area (Å²) in [4.78, 5) is 13.0. The summed E-state index contributed by atoms with van der Waals surface area (Å²) < 4.78 is 0. The lowest BCUT2D eigenvalue weighted by Gasteiger charge is -2.54. The maximum absolute atomic E-state index is 13.0. The highest BCUT2D eigenvalue weighted by molar-refractivity contribution is 5.91. The normalized spacial score (nSPS) is 32.6. The number of hydrogen-bond acceptors (Lipinski definition) is 3. The van der Waals surface area contributed by atoms with E-state index in [1.54, 1.807) is 0 Å². The van der Waals surface area contributed by atoms with Crippen LogP contribution in [0.5, 0.6) is 5.75 Å². The predicted molar refractivity (Wildman–Crippen MR) is 90.6 cm³/mol. The van der Waals surface area contributed by atoms with Crippen molar-refractivity contribution in [3.8, 4) is 5.75 Å². The topological polar surface area (TPSA) is 57.5 Å². The number of carbonyl (C=O) groups excluding carboxylic acids is 1. The van der Waals surface area contributed by atoms with Crippen LogP contribution >= 0.6 is 0 Å². The summed E-state index contributed by atoms with van der Waals surface area (Å²) in [5, 5.41) is 21.1. The van der Waals surface area contributed by atoms with E-state index in [1.165, 1.54) is 0 Å². The van der Waals surface area contributed by atoms with Gasteiger partial charge in [-0.05, 0) is 53.0 Å². The number of fused-ring (bicyclic) bond motifs is 3. The maximum Gasteiger partial charge on any atom is 0.170 e. The third-order valence-electron chi connectivity index (χ3n) is 6.22. The maximum atomic E-state index is 13.0. The largest absolute Gasteiger partial charge is 0.508 e. The molecule has 2 aliphatic carbocycles. The molecule has 23 heavy (non-hydrogen) atoms. The van der Waals surface area contributed by atoms with Crippen LogP contribution in [-0.2, 0) is 10.2 Å². The number of aromatic hydroxyl groups is 1. The number of hydrogen-bond donors (Lipinski definition) is 2.